The highest BCUT2D eigenvalue weighted by Gasteiger charge is 2.41. The molecular weight excluding hydrogens is 823 g/mol. The van der Waals surface area contributed by atoms with Crippen LogP contribution < -0.4 is 27.0 Å². The van der Waals surface area contributed by atoms with Crippen molar-refractivity contribution in [2.45, 2.75) is 141 Å². The number of likely N-dealkylation sites (N-methyl/N-ethyl adjacent to an activating group) is 2. The minimum absolute atomic E-state index is 0.0712. The van der Waals surface area contributed by atoms with Crippen LogP contribution in [0.5, 0.6) is 0 Å². The molecule has 6 amide bonds. The van der Waals surface area contributed by atoms with Crippen molar-refractivity contribution < 1.29 is 28.8 Å². The van der Waals surface area contributed by atoms with Crippen molar-refractivity contribution in [1.82, 2.24) is 40.9 Å². The predicted octanol–water partition coefficient (Wildman–Crippen LogP) is 3.25. The van der Waals surface area contributed by atoms with Crippen LogP contribution in [0.4, 0.5) is 0 Å². The van der Waals surface area contributed by atoms with E-state index in [4.69, 9.17) is 5.73 Å². The van der Waals surface area contributed by atoms with Crippen LogP contribution in [0.15, 0.2) is 60.7 Å². The average molecular weight is 902 g/mol. The SMILES string of the molecule is CN[C@@H](C)C(=O)N[C@@H](CCCN)C(=O)N1CCC[C@H]1CN(CCc1ccccc1)C(=O)CCCC(=O)N(CCc1ccccc1)C[C@@H]1CCCN1C(=O)[C@@H](NC(=O)[C@H](C)NC)C(C)(C)C. The molecule has 0 saturated carbocycles. The van der Waals surface area contributed by atoms with Crippen LogP contribution in [-0.2, 0) is 41.6 Å². The highest BCUT2D eigenvalue weighted by Crippen LogP contribution is 2.27. The number of nitrogens with two attached hydrogens (primary N) is 1. The molecule has 0 aromatic heterocycles. The van der Waals surface area contributed by atoms with Crippen LogP contribution in [0.2, 0.25) is 0 Å². The van der Waals surface area contributed by atoms with Gasteiger partial charge in [-0.25, -0.2) is 0 Å². The fourth-order valence-corrected chi connectivity index (χ4v) is 8.72. The molecular formula is C50H79N9O6. The molecule has 0 bridgehead atoms. The van der Waals surface area contributed by atoms with Crippen molar-refractivity contribution in [3.63, 3.8) is 0 Å². The van der Waals surface area contributed by atoms with Crippen molar-refractivity contribution in [1.29, 1.82) is 0 Å². The number of hydrogen-bond donors (Lipinski definition) is 5. The molecule has 15 nitrogen and oxygen atoms in total. The highest BCUT2D eigenvalue weighted by atomic mass is 16.2. The molecule has 2 fully saturated rings. The maximum atomic E-state index is 14.3. The van der Waals surface area contributed by atoms with Crippen molar-refractivity contribution in [2.75, 3.05) is 59.9 Å². The molecule has 6 N–H and O–H groups in total. The first-order valence-corrected chi connectivity index (χ1v) is 24.0. The molecule has 2 saturated heterocycles. The molecule has 15 heteroatoms. The summed E-state index contributed by atoms with van der Waals surface area (Å²) in [7, 11) is 3.41. The smallest absolute Gasteiger partial charge is 0.246 e. The summed E-state index contributed by atoms with van der Waals surface area (Å²) in [6, 6.07) is 17.2. The number of hydrogen-bond acceptors (Lipinski definition) is 9. The molecule has 2 aromatic rings. The molecule has 360 valence electrons. The molecule has 2 aliphatic rings. The standard InChI is InChI=1S/C50H79N9O6/c1-36(52-6)46(62)54-42(24-15-29-51)48(64)58-30-16-22-40(58)34-56(32-27-38-18-10-8-11-19-38)43(60)25-14-26-44(61)57(33-28-39-20-12-9-13-21-39)35-41-23-17-31-59(41)49(65)45(50(3,4)5)55-47(63)37(2)53-7/h8-13,18-21,36-37,40-42,45,52-53H,14-17,22-35,51H2,1-7H3,(H,54,62)(H,55,63)/t36-,37-,40-,41-,42-,45+/m0/s1. The molecule has 65 heavy (non-hydrogen) atoms. The number of amides is 6. The van der Waals surface area contributed by atoms with Crippen molar-refractivity contribution in [3.05, 3.63) is 71.8 Å². The number of carbonyl (C=O) groups is 6. The lowest BCUT2D eigenvalue weighted by Crippen LogP contribution is -2.59. The van der Waals surface area contributed by atoms with Gasteiger partial charge in [0.15, 0.2) is 0 Å². The van der Waals surface area contributed by atoms with Gasteiger partial charge in [0.2, 0.25) is 35.4 Å². The summed E-state index contributed by atoms with van der Waals surface area (Å²) in [4.78, 5) is 90.1. The second-order valence-electron chi connectivity index (χ2n) is 19.0. The third-order valence-electron chi connectivity index (χ3n) is 13.1. The van der Waals surface area contributed by atoms with Gasteiger partial charge < -0.3 is 46.6 Å². The molecule has 4 rings (SSSR count). The van der Waals surface area contributed by atoms with Crippen LogP contribution in [0.3, 0.4) is 0 Å². The van der Waals surface area contributed by atoms with E-state index in [9.17, 15) is 28.8 Å². The second kappa shape index (κ2) is 26.3. The van der Waals surface area contributed by atoms with Crippen molar-refractivity contribution in [2.24, 2.45) is 11.1 Å². The summed E-state index contributed by atoms with van der Waals surface area (Å²) in [5, 5.41) is 11.8. The maximum Gasteiger partial charge on any atom is 0.246 e. The zero-order chi connectivity index (χ0) is 47.5. The second-order valence-corrected chi connectivity index (χ2v) is 19.0. The van der Waals surface area contributed by atoms with E-state index in [1.54, 1.807) is 27.9 Å². The van der Waals surface area contributed by atoms with Gasteiger partial charge in [-0.05, 0) is 109 Å². The van der Waals surface area contributed by atoms with E-state index in [0.29, 0.717) is 77.9 Å². The third-order valence-corrected chi connectivity index (χ3v) is 13.1. The van der Waals surface area contributed by atoms with Crippen LogP contribution in [0.1, 0.15) is 104 Å². The first-order valence-electron chi connectivity index (χ1n) is 24.0. The summed E-state index contributed by atoms with van der Waals surface area (Å²) in [5.74, 6) is -0.942. The predicted molar refractivity (Wildman–Crippen MR) is 255 cm³/mol. The van der Waals surface area contributed by atoms with E-state index in [0.717, 1.165) is 36.8 Å². The number of likely N-dealkylation sites (tertiary alicyclic amines) is 2. The summed E-state index contributed by atoms with van der Waals surface area (Å²) in [6.07, 6.45) is 6.03. The van der Waals surface area contributed by atoms with Gasteiger partial charge in [-0.3, -0.25) is 28.8 Å². The first kappa shape index (κ1) is 52.8. The summed E-state index contributed by atoms with van der Waals surface area (Å²) >= 11 is 0. The Hall–Kier alpha value is -4.86. The molecule has 0 spiro atoms. The Balaban J connectivity index is 1.48. The van der Waals surface area contributed by atoms with Crippen LogP contribution in [-0.4, -0.2) is 151 Å². The fraction of sp³-hybridized carbons (Fsp3) is 0.640. The maximum absolute atomic E-state index is 14.3. The Morgan fingerprint density at radius 2 is 1.12 bits per heavy atom. The molecule has 0 aliphatic carbocycles. The van der Waals surface area contributed by atoms with Gasteiger partial charge in [0.1, 0.15) is 12.1 Å². The lowest BCUT2D eigenvalue weighted by Gasteiger charge is -2.37. The first-order chi connectivity index (χ1) is 31.1. The lowest BCUT2D eigenvalue weighted by molar-refractivity contribution is -0.142. The Morgan fingerprint density at radius 1 is 0.677 bits per heavy atom. The summed E-state index contributed by atoms with van der Waals surface area (Å²) in [6.45, 7) is 12.5. The number of rotatable bonds is 25. The highest BCUT2D eigenvalue weighted by molar-refractivity contribution is 5.91. The Bertz CT molecular complexity index is 1830. The Labute approximate surface area is 388 Å². The zero-order valence-electron chi connectivity index (χ0n) is 40.3. The van der Waals surface area contributed by atoms with Gasteiger partial charge in [0.25, 0.3) is 0 Å². The van der Waals surface area contributed by atoms with E-state index >= 15 is 0 Å². The van der Waals surface area contributed by atoms with Crippen LogP contribution in [0, 0.1) is 5.41 Å². The van der Waals surface area contributed by atoms with E-state index in [1.807, 2.05) is 101 Å². The molecule has 2 aromatic carbocycles. The molecule has 0 radical (unpaired) electrons. The van der Waals surface area contributed by atoms with E-state index in [1.165, 1.54) is 0 Å². The zero-order valence-corrected chi connectivity index (χ0v) is 40.3. The normalized spacial score (nSPS) is 18.1. The van der Waals surface area contributed by atoms with Gasteiger partial charge in [-0.15, -0.1) is 0 Å². The number of nitrogens with zero attached hydrogens (tertiary/aromatic N) is 4. The molecule has 0 unspecified atom stereocenters. The summed E-state index contributed by atoms with van der Waals surface area (Å²) in [5.41, 5.74) is 7.48. The van der Waals surface area contributed by atoms with Crippen LogP contribution >= 0.6 is 0 Å². The van der Waals surface area contributed by atoms with E-state index < -0.39 is 29.6 Å². The van der Waals surface area contributed by atoms with Gasteiger partial charge in [0, 0.05) is 64.2 Å². The van der Waals surface area contributed by atoms with E-state index in [2.05, 4.69) is 21.3 Å². The van der Waals surface area contributed by atoms with Gasteiger partial charge in [-0.2, -0.15) is 0 Å². The minimum Gasteiger partial charge on any atom is -0.343 e. The fourth-order valence-electron chi connectivity index (χ4n) is 8.72. The largest absolute Gasteiger partial charge is 0.343 e. The van der Waals surface area contributed by atoms with E-state index in [-0.39, 0.29) is 60.4 Å². The van der Waals surface area contributed by atoms with Crippen molar-refractivity contribution in [3.8, 4) is 0 Å². The Morgan fingerprint density at radius 3 is 1.55 bits per heavy atom. The number of benzene rings is 2. The number of carbonyl (C=O) groups excluding carboxylic acids is 6. The van der Waals surface area contributed by atoms with Crippen LogP contribution in [0.25, 0.3) is 0 Å². The Kier molecular flexibility index (Phi) is 21.4. The van der Waals surface area contributed by atoms with Gasteiger partial charge in [0.05, 0.1) is 12.1 Å². The average Bonchev–Trinajstić information content (AvgIpc) is 3.98. The van der Waals surface area contributed by atoms with Crippen molar-refractivity contribution >= 4 is 35.4 Å². The third kappa shape index (κ3) is 16.2. The van der Waals surface area contributed by atoms with Gasteiger partial charge >= 0.3 is 0 Å². The van der Waals surface area contributed by atoms with Gasteiger partial charge in [-0.1, -0.05) is 81.4 Å². The quantitative estimate of drug-likeness (QED) is 0.0997. The molecule has 2 aliphatic heterocycles. The summed E-state index contributed by atoms with van der Waals surface area (Å²) < 4.78 is 0. The lowest BCUT2D eigenvalue weighted by atomic mass is 9.85. The topological polar surface area (TPSA) is 190 Å². The molecule has 2 heterocycles. The minimum atomic E-state index is -0.740. The number of nitrogens with one attached hydrogen (secondary N) is 4. The molecule has 6 atom stereocenters. The monoisotopic (exact) mass is 902 g/mol.